The van der Waals surface area contributed by atoms with Gasteiger partial charge >= 0.3 is 13.9 Å². The van der Waals surface area contributed by atoms with Crippen LogP contribution in [0.15, 0.2) is 0 Å². The van der Waals surface area contributed by atoms with E-state index in [9.17, 15) is 9.59 Å². The fraction of sp³-hybridized carbons (Fsp3) is 0.667. The predicted octanol–water partition coefficient (Wildman–Crippen LogP) is -0.594. The molecule has 0 aromatic heterocycles. The average Bonchev–Trinajstić information content (AvgIpc) is 1.95. The van der Waals surface area contributed by atoms with E-state index in [0.29, 0.717) is 6.29 Å². The van der Waals surface area contributed by atoms with Gasteiger partial charge in [-0.05, 0) is 6.42 Å². The van der Waals surface area contributed by atoms with E-state index in [0.717, 1.165) is 0 Å². The van der Waals surface area contributed by atoms with E-state index in [1.54, 1.807) is 0 Å². The summed E-state index contributed by atoms with van der Waals surface area (Å²) < 4.78 is 0. The Morgan fingerprint density at radius 3 is 2.23 bits per heavy atom. The Labute approximate surface area is 75.4 Å². The Morgan fingerprint density at radius 1 is 1.38 bits per heavy atom. The van der Waals surface area contributed by atoms with E-state index in [1.807, 2.05) is 0 Å². The van der Waals surface area contributed by atoms with Crippen molar-refractivity contribution in [3.63, 3.8) is 0 Å². The van der Waals surface area contributed by atoms with Crippen LogP contribution in [0, 0.1) is 5.92 Å². The topological polar surface area (TPSA) is 115 Å². The molecule has 0 aromatic rings. The van der Waals surface area contributed by atoms with Gasteiger partial charge in [-0.2, -0.15) is 14.7 Å². The van der Waals surface area contributed by atoms with Gasteiger partial charge in [-0.3, -0.25) is 4.79 Å². The van der Waals surface area contributed by atoms with Crippen molar-refractivity contribution in [1.82, 2.24) is 0 Å². The normalized spacial score (nSPS) is 13.8. The van der Waals surface area contributed by atoms with Gasteiger partial charge in [0.2, 0.25) is 0 Å². The molecule has 0 rings (SSSR count). The fourth-order valence-corrected chi connectivity index (χ4v) is 1.79. The summed E-state index contributed by atoms with van der Waals surface area (Å²) in [5, 5.41) is 8.53. The highest BCUT2D eigenvalue weighted by molar-refractivity contribution is 7.58. The molecule has 7 heteroatoms. The van der Waals surface area contributed by atoms with E-state index in [2.05, 4.69) is 0 Å². The number of aldehydes is 1. The minimum atomic E-state index is -4.06. The fourth-order valence-electron chi connectivity index (χ4n) is 0.858. The Hall–Kier alpha value is -0.550. The second kappa shape index (κ2) is 5.24. The van der Waals surface area contributed by atoms with Crippen LogP contribution in [-0.2, 0) is 9.59 Å². The lowest BCUT2D eigenvalue weighted by Crippen LogP contribution is -2.19. The van der Waals surface area contributed by atoms with Gasteiger partial charge in [-0.25, -0.2) is 0 Å². The summed E-state index contributed by atoms with van der Waals surface area (Å²) in [6.45, 7) is 0. The van der Waals surface area contributed by atoms with Crippen LogP contribution in [0.2, 0.25) is 0 Å². The van der Waals surface area contributed by atoms with Gasteiger partial charge in [0.05, 0.1) is 5.92 Å². The molecule has 0 amide bonds. The predicted molar refractivity (Wildman–Crippen MR) is 44.9 cm³/mol. The van der Waals surface area contributed by atoms with E-state index in [4.69, 9.17) is 19.8 Å². The maximum Gasteiger partial charge on any atom is 0.404 e. The van der Waals surface area contributed by atoms with Crippen molar-refractivity contribution in [1.29, 1.82) is 0 Å². The first-order valence-electron chi connectivity index (χ1n) is 3.59. The van der Waals surface area contributed by atoms with Crippen molar-refractivity contribution in [2.45, 2.75) is 12.8 Å². The highest BCUT2D eigenvalue weighted by atomic mass is 31.2. The minimum Gasteiger partial charge on any atom is -0.481 e. The smallest absolute Gasteiger partial charge is 0.404 e. The molecular formula is C6H12O6P+. The van der Waals surface area contributed by atoms with E-state index in [-0.39, 0.29) is 12.8 Å². The Kier molecular flexibility index (Phi) is 5.02. The number of carboxylic acids is 1. The number of carbonyl (C=O) groups is 2. The van der Waals surface area contributed by atoms with Gasteiger partial charge in [0.1, 0.15) is 6.29 Å². The van der Waals surface area contributed by atoms with Crippen LogP contribution in [0.3, 0.4) is 0 Å². The number of rotatable bonds is 6. The summed E-state index contributed by atoms with van der Waals surface area (Å²) in [5.74, 6) is -2.33. The Morgan fingerprint density at radius 2 is 1.92 bits per heavy atom. The van der Waals surface area contributed by atoms with Gasteiger partial charge in [0, 0.05) is 6.42 Å². The Bertz CT molecular complexity index is 186. The number of carbonyl (C=O) groups excluding carboxylic acids is 1. The summed E-state index contributed by atoms with van der Waals surface area (Å²) in [7, 11) is -4.06. The molecule has 0 aliphatic heterocycles. The third-order valence-corrected chi connectivity index (χ3v) is 2.38. The van der Waals surface area contributed by atoms with Crippen molar-refractivity contribution in [3.8, 4) is 0 Å². The van der Waals surface area contributed by atoms with Crippen LogP contribution in [0.5, 0.6) is 0 Å². The second-order valence-electron chi connectivity index (χ2n) is 2.65. The molecule has 1 unspecified atom stereocenters. The average molecular weight is 211 g/mol. The first kappa shape index (κ1) is 12.4. The molecule has 0 saturated carbocycles. The standard InChI is InChI=1S/C6H11O6P/c7-3-1-2-5(6(8)9)4-13(10,11)12/h3,5,10-12H,1-2,4H2/p+1. The second-order valence-corrected chi connectivity index (χ2v) is 4.40. The van der Waals surface area contributed by atoms with Crippen molar-refractivity contribution in [2.75, 3.05) is 6.16 Å². The van der Waals surface area contributed by atoms with Crippen molar-refractivity contribution in [3.05, 3.63) is 0 Å². The summed E-state index contributed by atoms with van der Waals surface area (Å²) in [5.41, 5.74) is 0. The zero-order chi connectivity index (χ0) is 10.5. The zero-order valence-electron chi connectivity index (χ0n) is 6.83. The number of hydrogen-bond acceptors (Lipinski definition) is 5. The van der Waals surface area contributed by atoms with Crippen molar-refractivity contribution in [2.24, 2.45) is 5.92 Å². The Balaban J connectivity index is 4.10. The molecule has 0 bridgehead atoms. The molecule has 0 fully saturated rings. The molecule has 6 nitrogen and oxygen atoms in total. The molecule has 0 saturated heterocycles. The lowest BCUT2D eigenvalue weighted by molar-refractivity contribution is -0.141. The lowest BCUT2D eigenvalue weighted by atomic mass is 10.1. The van der Waals surface area contributed by atoms with Gasteiger partial charge in [-0.15, -0.1) is 0 Å². The zero-order valence-corrected chi connectivity index (χ0v) is 7.72. The molecule has 13 heavy (non-hydrogen) atoms. The summed E-state index contributed by atoms with van der Waals surface area (Å²) in [6.07, 6.45) is -0.0302. The molecule has 76 valence electrons. The van der Waals surface area contributed by atoms with Gasteiger partial charge < -0.3 is 9.90 Å². The van der Waals surface area contributed by atoms with Gasteiger partial charge in [0.15, 0.2) is 6.16 Å². The molecule has 1 atom stereocenters. The molecule has 4 N–H and O–H groups in total. The van der Waals surface area contributed by atoms with Crippen molar-refractivity contribution < 1.29 is 29.4 Å². The third kappa shape index (κ3) is 6.60. The highest BCUT2D eigenvalue weighted by Gasteiger charge is 2.37. The summed E-state index contributed by atoms with van der Waals surface area (Å²) in [6, 6.07) is 0. The highest BCUT2D eigenvalue weighted by Crippen LogP contribution is 2.46. The maximum absolute atomic E-state index is 10.5. The number of hydrogen-bond donors (Lipinski definition) is 4. The minimum absolute atomic E-state index is 0.00225. The van der Waals surface area contributed by atoms with Gasteiger partial charge in [0.25, 0.3) is 0 Å². The quantitative estimate of drug-likeness (QED) is 0.344. The maximum atomic E-state index is 10.5. The van der Waals surface area contributed by atoms with Crippen LogP contribution in [0.1, 0.15) is 12.8 Å². The van der Waals surface area contributed by atoms with Crippen LogP contribution in [-0.4, -0.2) is 38.2 Å². The first-order valence-corrected chi connectivity index (χ1v) is 5.43. The number of aliphatic carboxylic acids is 1. The largest absolute Gasteiger partial charge is 0.481 e. The van der Waals surface area contributed by atoms with Crippen LogP contribution < -0.4 is 0 Å². The lowest BCUT2D eigenvalue weighted by Gasteiger charge is -2.10. The molecule has 0 spiro atoms. The molecule has 0 radical (unpaired) electrons. The van der Waals surface area contributed by atoms with Crippen LogP contribution >= 0.6 is 7.94 Å². The monoisotopic (exact) mass is 211 g/mol. The van der Waals surface area contributed by atoms with Crippen molar-refractivity contribution >= 4 is 20.2 Å². The van der Waals surface area contributed by atoms with Gasteiger partial charge in [-0.1, -0.05) is 0 Å². The third-order valence-electron chi connectivity index (χ3n) is 1.45. The molecule has 0 aliphatic rings. The summed E-state index contributed by atoms with van der Waals surface area (Å²) >= 11 is 0. The molecule has 0 heterocycles. The number of carboxylic acid groups (broad SMARTS) is 1. The molecule has 0 aromatic carbocycles. The molecule has 0 aliphatic carbocycles. The summed E-state index contributed by atoms with van der Waals surface area (Å²) in [4.78, 5) is 46.2. The van der Waals surface area contributed by atoms with E-state index < -0.39 is 26.0 Å². The van der Waals surface area contributed by atoms with E-state index >= 15 is 0 Å². The van der Waals surface area contributed by atoms with Crippen LogP contribution in [0.25, 0.3) is 0 Å². The van der Waals surface area contributed by atoms with Crippen LogP contribution in [0.4, 0.5) is 0 Å². The molecular weight excluding hydrogens is 199 g/mol. The SMILES string of the molecule is O=CCCC(C[P+](O)(O)O)C(=O)O. The van der Waals surface area contributed by atoms with E-state index in [1.165, 1.54) is 0 Å². The first-order chi connectivity index (χ1) is 5.87.